The Kier molecular flexibility index (Phi) is 2.01. The zero-order chi connectivity index (χ0) is 9.42. The first-order valence-electron chi connectivity index (χ1n) is 3.61. The van der Waals surface area contributed by atoms with E-state index in [2.05, 4.69) is 12.6 Å². The van der Waals surface area contributed by atoms with Gasteiger partial charge in [-0.3, -0.25) is 4.79 Å². The van der Waals surface area contributed by atoms with E-state index in [1.54, 1.807) is 6.07 Å². The molecule has 0 spiro atoms. The second kappa shape index (κ2) is 3.05. The Morgan fingerprint density at radius 1 is 1.54 bits per heavy atom. The van der Waals surface area contributed by atoms with E-state index in [1.807, 2.05) is 11.4 Å². The summed E-state index contributed by atoms with van der Waals surface area (Å²) in [5.41, 5.74) is 0.323. The zero-order valence-electron chi connectivity index (χ0n) is 6.52. The molecule has 4 heteroatoms. The van der Waals surface area contributed by atoms with Crippen LogP contribution < -0.4 is 0 Å². The maximum atomic E-state index is 10.7. The van der Waals surface area contributed by atoms with Crippen molar-refractivity contribution in [3.05, 3.63) is 23.1 Å². The molecule has 2 rings (SSSR count). The van der Waals surface area contributed by atoms with Crippen LogP contribution in [0.3, 0.4) is 0 Å². The van der Waals surface area contributed by atoms with Crippen LogP contribution in [0.15, 0.2) is 22.4 Å². The lowest BCUT2D eigenvalue weighted by Gasteiger charge is -2.01. The van der Waals surface area contributed by atoms with Crippen molar-refractivity contribution in [2.24, 2.45) is 0 Å². The lowest BCUT2D eigenvalue weighted by molar-refractivity contribution is 0.112. The number of fused-ring (bicyclic) bond motifs is 1. The van der Waals surface area contributed by atoms with Crippen LogP contribution in [-0.4, -0.2) is 11.4 Å². The van der Waals surface area contributed by atoms with Crippen LogP contribution in [0.25, 0.3) is 10.1 Å². The number of hydrogen-bond acceptors (Lipinski definition) is 4. The summed E-state index contributed by atoms with van der Waals surface area (Å²) in [6.07, 6.45) is 0.657. The molecule has 0 fully saturated rings. The van der Waals surface area contributed by atoms with Crippen molar-refractivity contribution in [1.29, 1.82) is 0 Å². The molecule has 0 unspecified atom stereocenters. The topological polar surface area (TPSA) is 37.3 Å². The summed E-state index contributed by atoms with van der Waals surface area (Å²) in [7, 11) is 0. The molecule has 0 saturated carbocycles. The van der Waals surface area contributed by atoms with Crippen molar-refractivity contribution in [3.63, 3.8) is 0 Å². The fraction of sp³-hybridized carbons (Fsp3) is 0. The first-order chi connectivity index (χ1) is 6.24. The number of aromatic hydroxyl groups is 1. The van der Waals surface area contributed by atoms with Gasteiger partial charge >= 0.3 is 0 Å². The van der Waals surface area contributed by atoms with E-state index in [0.717, 1.165) is 10.1 Å². The van der Waals surface area contributed by atoms with Crippen LogP contribution in [0.5, 0.6) is 5.75 Å². The van der Waals surface area contributed by atoms with Crippen LogP contribution in [-0.2, 0) is 0 Å². The van der Waals surface area contributed by atoms with Crippen molar-refractivity contribution in [2.75, 3.05) is 0 Å². The normalized spacial score (nSPS) is 10.5. The van der Waals surface area contributed by atoms with E-state index >= 15 is 0 Å². The van der Waals surface area contributed by atoms with E-state index in [4.69, 9.17) is 0 Å². The van der Waals surface area contributed by atoms with Gasteiger partial charge in [0.25, 0.3) is 0 Å². The number of hydrogen-bond donors (Lipinski definition) is 2. The number of phenolic OH excluding ortho intramolecular Hbond substituents is 1. The van der Waals surface area contributed by atoms with Gasteiger partial charge in [0.15, 0.2) is 6.29 Å². The van der Waals surface area contributed by atoms with Crippen molar-refractivity contribution in [1.82, 2.24) is 0 Å². The number of aldehydes is 1. The number of thiophene rings is 1. The Morgan fingerprint density at radius 2 is 2.31 bits per heavy atom. The molecule has 0 amide bonds. The molecular formula is C9H6O2S2. The number of carbonyl (C=O) groups is 1. The number of rotatable bonds is 1. The van der Waals surface area contributed by atoms with Gasteiger partial charge in [0.1, 0.15) is 5.75 Å². The Morgan fingerprint density at radius 3 is 3.00 bits per heavy atom. The summed E-state index contributed by atoms with van der Waals surface area (Å²) < 4.78 is 0.963. The fourth-order valence-electron chi connectivity index (χ4n) is 1.23. The number of carbonyl (C=O) groups excluding carboxylic acids is 1. The average molecular weight is 210 g/mol. The van der Waals surface area contributed by atoms with Gasteiger partial charge in [0, 0.05) is 15.0 Å². The van der Waals surface area contributed by atoms with Crippen LogP contribution in [0.1, 0.15) is 10.4 Å². The molecule has 1 aromatic carbocycles. The molecule has 13 heavy (non-hydrogen) atoms. The highest BCUT2D eigenvalue weighted by atomic mass is 32.1. The van der Waals surface area contributed by atoms with E-state index < -0.39 is 0 Å². The molecule has 2 nitrogen and oxygen atoms in total. The van der Waals surface area contributed by atoms with E-state index in [1.165, 1.54) is 11.3 Å². The predicted octanol–water partition coefficient (Wildman–Crippen LogP) is 2.71. The molecule has 0 aliphatic rings. The van der Waals surface area contributed by atoms with Crippen molar-refractivity contribution < 1.29 is 9.90 Å². The third-order valence-electron chi connectivity index (χ3n) is 1.87. The summed E-state index contributed by atoms with van der Waals surface area (Å²) in [6, 6.07) is 3.57. The van der Waals surface area contributed by atoms with Crippen LogP contribution >= 0.6 is 24.0 Å². The Hall–Kier alpha value is -1.00. The summed E-state index contributed by atoms with van der Waals surface area (Å²) in [5, 5.41) is 12.2. The largest absolute Gasteiger partial charge is 0.506 e. The van der Waals surface area contributed by atoms with Crippen LogP contribution in [0.4, 0.5) is 0 Å². The summed E-state index contributed by atoms with van der Waals surface area (Å²) in [5.74, 6) is -0.0377. The maximum absolute atomic E-state index is 10.7. The molecule has 66 valence electrons. The van der Waals surface area contributed by atoms with Gasteiger partial charge in [0.2, 0.25) is 0 Å². The Labute approximate surface area is 84.2 Å². The fourth-order valence-corrected chi connectivity index (χ4v) is 2.41. The van der Waals surface area contributed by atoms with Crippen molar-refractivity contribution in [2.45, 2.75) is 4.90 Å². The standard InChI is InChI=1S/C9H6O2S2/c10-4-6-5-1-2-13-8(5)3-7(12)9(6)11/h1-4,11-12H. The molecule has 2 aromatic rings. The summed E-state index contributed by atoms with van der Waals surface area (Å²) >= 11 is 5.59. The first-order valence-corrected chi connectivity index (χ1v) is 4.94. The second-order valence-electron chi connectivity index (χ2n) is 2.61. The Balaban J connectivity index is 2.95. The van der Waals surface area contributed by atoms with Gasteiger partial charge in [-0.1, -0.05) is 0 Å². The molecule has 1 aromatic heterocycles. The highest BCUT2D eigenvalue weighted by molar-refractivity contribution is 7.80. The van der Waals surface area contributed by atoms with Gasteiger partial charge in [-0.25, -0.2) is 0 Å². The third-order valence-corrected chi connectivity index (χ3v) is 3.07. The third kappa shape index (κ3) is 1.22. The molecule has 0 atom stereocenters. The van der Waals surface area contributed by atoms with Crippen molar-refractivity contribution >= 4 is 40.3 Å². The molecule has 0 saturated heterocycles. The van der Waals surface area contributed by atoms with Crippen LogP contribution in [0, 0.1) is 0 Å². The van der Waals surface area contributed by atoms with Crippen molar-refractivity contribution in [3.8, 4) is 5.75 Å². The minimum atomic E-state index is -0.0377. The quantitative estimate of drug-likeness (QED) is 0.561. The predicted molar refractivity (Wildman–Crippen MR) is 56.1 cm³/mol. The Bertz CT molecular complexity index is 474. The molecule has 0 bridgehead atoms. The summed E-state index contributed by atoms with van der Waals surface area (Å²) in [6.45, 7) is 0. The first kappa shape index (κ1) is 8.59. The van der Waals surface area contributed by atoms with Gasteiger partial charge in [-0.15, -0.1) is 24.0 Å². The number of thiol groups is 1. The number of phenols is 1. The SMILES string of the molecule is O=Cc1c(O)c(S)cc2sccc12. The van der Waals surface area contributed by atoms with E-state index in [0.29, 0.717) is 16.7 Å². The van der Waals surface area contributed by atoms with E-state index in [9.17, 15) is 9.90 Å². The molecule has 1 heterocycles. The highest BCUT2D eigenvalue weighted by Crippen LogP contribution is 2.34. The van der Waals surface area contributed by atoms with Crippen LogP contribution in [0.2, 0.25) is 0 Å². The maximum Gasteiger partial charge on any atom is 0.154 e. The highest BCUT2D eigenvalue weighted by Gasteiger charge is 2.10. The molecule has 0 aliphatic heterocycles. The minimum Gasteiger partial charge on any atom is -0.506 e. The lowest BCUT2D eigenvalue weighted by Crippen LogP contribution is -1.83. The molecule has 0 radical (unpaired) electrons. The number of benzene rings is 1. The molecular weight excluding hydrogens is 204 g/mol. The average Bonchev–Trinajstić information content (AvgIpc) is 2.54. The molecule has 0 aliphatic carbocycles. The zero-order valence-corrected chi connectivity index (χ0v) is 8.23. The molecule has 1 N–H and O–H groups in total. The van der Waals surface area contributed by atoms with Gasteiger partial charge in [0.05, 0.1) is 5.56 Å². The van der Waals surface area contributed by atoms with Gasteiger partial charge in [-0.2, -0.15) is 0 Å². The monoisotopic (exact) mass is 210 g/mol. The van der Waals surface area contributed by atoms with Gasteiger partial charge < -0.3 is 5.11 Å². The lowest BCUT2D eigenvalue weighted by atomic mass is 10.1. The van der Waals surface area contributed by atoms with E-state index in [-0.39, 0.29) is 5.75 Å². The second-order valence-corrected chi connectivity index (χ2v) is 4.04. The smallest absolute Gasteiger partial charge is 0.154 e. The minimum absolute atomic E-state index is 0.0377. The summed E-state index contributed by atoms with van der Waals surface area (Å²) in [4.78, 5) is 11.1. The van der Waals surface area contributed by atoms with Gasteiger partial charge in [-0.05, 0) is 17.5 Å².